The van der Waals surface area contributed by atoms with E-state index >= 15 is 0 Å². The van der Waals surface area contributed by atoms with Crippen molar-refractivity contribution in [3.8, 4) is 12.0 Å². The van der Waals surface area contributed by atoms with E-state index in [1.165, 1.54) is 0 Å². The van der Waals surface area contributed by atoms with Gasteiger partial charge in [0.25, 0.3) is 0 Å². The number of hydrogen-bond donors (Lipinski definition) is 0. The Morgan fingerprint density at radius 3 is 1.67 bits per heavy atom. The molecule has 0 aliphatic heterocycles. The summed E-state index contributed by atoms with van der Waals surface area (Å²) in [5, 5.41) is 0. The Hall–Kier alpha value is -0.640. The minimum absolute atomic E-state index is 0.699. The summed E-state index contributed by atoms with van der Waals surface area (Å²) in [5.74, 6) is 4.35. The molecule has 0 N–H and O–H groups in total. The molecule has 70 valence electrons. The van der Waals surface area contributed by atoms with Crippen LogP contribution < -0.4 is 0 Å². The first kappa shape index (κ1) is 11.4. The Kier molecular flexibility index (Phi) is 5.62. The molecule has 0 fully saturated rings. The SMILES string of the molecule is CC#CN(CC(C)C)CC(C)C. The average molecular weight is 167 g/mol. The number of rotatable bonds is 4. The maximum atomic E-state index is 3.13. The molecule has 0 spiro atoms. The Labute approximate surface area is 77.1 Å². The quantitative estimate of drug-likeness (QED) is 0.459. The molecular weight excluding hydrogens is 146 g/mol. The molecule has 0 aliphatic rings. The maximum absolute atomic E-state index is 3.13. The van der Waals surface area contributed by atoms with Crippen molar-refractivity contribution in [1.82, 2.24) is 4.90 Å². The minimum Gasteiger partial charge on any atom is -0.332 e. The fourth-order valence-corrected chi connectivity index (χ4v) is 1.21. The second-order valence-electron chi connectivity index (χ2n) is 4.05. The van der Waals surface area contributed by atoms with Gasteiger partial charge in [-0.1, -0.05) is 33.6 Å². The average Bonchev–Trinajstić information content (AvgIpc) is 1.84. The second kappa shape index (κ2) is 5.94. The van der Waals surface area contributed by atoms with Crippen molar-refractivity contribution < 1.29 is 0 Å². The molecule has 12 heavy (non-hydrogen) atoms. The Morgan fingerprint density at radius 2 is 1.42 bits per heavy atom. The van der Waals surface area contributed by atoms with Crippen LogP contribution in [0.3, 0.4) is 0 Å². The standard InChI is InChI=1S/C11H21N/c1-6-7-12(8-10(2)3)9-11(4)5/h10-11H,8-9H2,1-5H3. The molecule has 1 nitrogen and oxygen atoms in total. The van der Waals surface area contributed by atoms with E-state index in [0.29, 0.717) is 11.8 Å². The van der Waals surface area contributed by atoms with Gasteiger partial charge in [0.05, 0.1) is 0 Å². The lowest BCUT2D eigenvalue weighted by Crippen LogP contribution is -2.26. The van der Waals surface area contributed by atoms with Gasteiger partial charge in [-0.2, -0.15) is 0 Å². The highest BCUT2D eigenvalue weighted by Gasteiger charge is 2.04. The molecule has 0 bridgehead atoms. The largest absolute Gasteiger partial charge is 0.332 e. The third kappa shape index (κ3) is 6.09. The van der Waals surface area contributed by atoms with E-state index in [1.54, 1.807) is 0 Å². The first-order valence-electron chi connectivity index (χ1n) is 4.73. The van der Waals surface area contributed by atoms with Crippen LogP contribution in [0.2, 0.25) is 0 Å². The summed E-state index contributed by atoms with van der Waals surface area (Å²) in [6.45, 7) is 13.0. The normalized spacial score (nSPS) is 9.92. The molecule has 0 radical (unpaired) electrons. The summed E-state index contributed by atoms with van der Waals surface area (Å²) in [6, 6.07) is 3.13. The molecule has 0 unspecified atom stereocenters. The van der Waals surface area contributed by atoms with E-state index < -0.39 is 0 Å². The zero-order valence-electron chi connectivity index (χ0n) is 9.02. The molecule has 0 atom stereocenters. The minimum atomic E-state index is 0.699. The van der Waals surface area contributed by atoms with E-state index in [2.05, 4.69) is 44.6 Å². The smallest absolute Gasteiger partial charge is 0.0283 e. The van der Waals surface area contributed by atoms with Gasteiger partial charge >= 0.3 is 0 Å². The van der Waals surface area contributed by atoms with Crippen molar-refractivity contribution in [3.05, 3.63) is 0 Å². The first-order chi connectivity index (χ1) is 5.56. The van der Waals surface area contributed by atoms with Crippen molar-refractivity contribution >= 4 is 0 Å². The van der Waals surface area contributed by atoms with Crippen LogP contribution in [-0.4, -0.2) is 18.0 Å². The van der Waals surface area contributed by atoms with Gasteiger partial charge in [0, 0.05) is 19.1 Å². The zero-order valence-corrected chi connectivity index (χ0v) is 9.02. The first-order valence-corrected chi connectivity index (χ1v) is 4.73. The van der Waals surface area contributed by atoms with Gasteiger partial charge in [-0.25, -0.2) is 0 Å². The lowest BCUT2D eigenvalue weighted by atomic mass is 10.1. The molecule has 0 aliphatic carbocycles. The molecule has 0 saturated carbocycles. The predicted octanol–water partition coefficient (Wildman–Crippen LogP) is 2.58. The fraction of sp³-hybridized carbons (Fsp3) is 0.818. The summed E-state index contributed by atoms with van der Waals surface area (Å²) < 4.78 is 0. The van der Waals surface area contributed by atoms with Crippen molar-refractivity contribution in [2.24, 2.45) is 11.8 Å². The number of hydrogen-bond acceptors (Lipinski definition) is 1. The summed E-state index contributed by atoms with van der Waals surface area (Å²) in [4.78, 5) is 2.22. The Bertz CT molecular complexity index is 150. The predicted molar refractivity (Wildman–Crippen MR) is 54.7 cm³/mol. The molecule has 1 heteroatoms. The van der Waals surface area contributed by atoms with Gasteiger partial charge in [-0.15, -0.1) is 0 Å². The summed E-state index contributed by atoms with van der Waals surface area (Å²) in [7, 11) is 0. The highest BCUT2D eigenvalue weighted by Crippen LogP contribution is 2.01. The van der Waals surface area contributed by atoms with Crippen molar-refractivity contribution in [2.75, 3.05) is 13.1 Å². The van der Waals surface area contributed by atoms with E-state index in [4.69, 9.17) is 0 Å². The van der Waals surface area contributed by atoms with Crippen molar-refractivity contribution in [3.63, 3.8) is 0 Å². The Balaban J connectivity index is 3.92. The highest BCUT2D eigenvalue weighted by molar-refractivity contribution is 4.95. The third-order valence-electron chi connectivity index (χ3n) is 1.44. The topological polar surface area (TPSA) is 3.24 Å². The number of nitrogens with zero attached hydrogens (tertiary/aromatic N) is 1. The van der Waals surface area contributed by atoms with Gasteiger partial charge < -0.3 is 4.90 Å². The molecular formula is C11H21N. The van der Waals surface area contributed by atoms with E-state index in [0.717, 1.165) is 13.1 Å². The van der Waals surface area contributed by atoms with Gasteiger partial charge in [0.2, 0.25) is 0 Å². The van der Waals surface area contributed by atoms with Crippen molar-refractivity contribution in [1.29, 1.82) is 0 Å². The van der Waals surface area contributed by atoms with Gasteiger partial charge in [-0.3, -0.25) is 0 Å². The van der Waals surface area contributed by atoms with E-state index in [1.807, 2.05) is 6.92 Å². The van der Waals surface area contributed by atoms with E-state index in [9.17, 15) is 0 Å². The fourth-order valence-electron chi connectivity index (χ4n) is 1.21. The summed E-state index contributed by atoms with van der Waals surface area (Å²) >= 11 is 0. The van der Waals surface area contributed by atoms with Crippen LogP contribution in [0.5, 0.6) is 0 Å². The molecule has 0 aromatic heterocycles. The summed E-state index contributed by atoms with van der Waals surface area (Å²) in [6.07, 6.45) is 0. The molecule has 0 amide bonds. The van der Waals surface area contributed by atoms with Crippen LogP contribution in [0.15, 0.2) is 0 Å². The molecule has 0 aromatic rings. The van der Waals surface area contributed by atoms with Crippen LogP contribution >= 0.6 is 0 Å². The molecule has 0 saturated heterocycles. The molecule has 0 rings (SSSR count). The molecule has 0 heterocycles. The second-order valence-corrected chi connectivity index (χ2v) is 4.05. The third-order valence-corrected chi connectivity index (χ3v) is 1.44. The monoisotopic (exact) mass is 167 g/mol. The van der Waals surface area contributed by atoms with Crippen LogP contribution in [0.4, 0.5) is 0 Å². The lowest BCUT2D eigenvalue weighted by Gasteiger charge is -2.21. The highest BCUT2D eigenvalue weighted by atomic mass is 15.1. The lowest BCUT2D eigenvalue weighted by molar-refractivity contribution is 0.313. The maximum Gasteiger partial charge on any atom is 0.0283 e. The van der Waals surface area contributed by atoms with Crippen molar-refractivity contribution in [2.45, 2.75) is 34.6 Å². The zero-order chi connectivity index (χ0) is 9.56. The van der Waals surface area contributed by atoms with Gasteiger partial charge in [-0.05, 0) is 18.8 Å². The van der Waals surface area contributed by atoms with Crippen LogP contribution in [-0.2, 0) is 0 Å². The summed E-state index contributed by atoms with van der Waals surface area (Å²) in [5.41, 5.74) is 0. The van der Waals surface area contributed by atoms with Gasteiger partial charge in [0.15, 0.2) is 0 Å². The van der Waals surface area contributed by atoms with Crippen LogP contribution in [0.25, 0.3) is 0 Å². The van der Waals surface area contributed by atoms with Crippen LogP contribution in [0, 0.1) is 23.8 Å². The van der Waals surface area contributed by atoms with Crippen LogP contribution in [0.1, 0.15) is 34.6 Å². The molecule has 0 aromatic carbocycles. The van der Waals surface area contributed by atoms with Gasteiger partial charge in [0.1, 0.15) is 0 Å². The van der Waals surface area contributed by atoms with E-state index in [-0.39, 0.29) is 0 Å². The Morgan fingerprint density at radius 1 is 1.00 bits per heavy atom.